The lowest BCUT2D eigenvalue weighted by Crippen LogP contribution is -2.09. The number of para-hydroxylation sites is 1. The SMILES string of the molecule is c1ccc(-c2nc3c(o2)c(-c2ccc(N(c4ccccc4)c4ccc(-c5ccc6ccccc6c5)cc4)cc2)cc2ccccc23)cc1. The Labute approximate surface area is 279 Å². The van der Waals surface area contributed by atoms with Gasteiger partial charge in [-0.05, 0) is 93.5 Å². The van der Waals surface area contributed by atoms with Crippen LogP contribution in [0.1, 0.15) is 0 Å². The topological polar surface area (TPSA) is 29.3 Å². The van der Waals surface area contributed by atoms with Crippen LogP contribution >= 0.6 is 0 Å². The summed E-state index contributed by atoms with van der Waals surface area (Å²) in [5.41, 5.74) is 10.4. The third kappa shape index (κ3) is 4.99. The number of oxazole rings is 1. The molecule has 8 aromatic carbocycles. The minimum atomic E-state index is 0.627. The van der Waals surface area contributed by atoms with Gasteiger partial charge in [-0.2, -0.15) is 0 Å². The smallest absolute Gasteiger partial charge is 0.227 e. The molecule has 3 heteroatoms. The Kier molecular flexibility index (Phi) is 6.80. The average Bonchev–Trinajstić information content (AvgIpc) is 3.62. The van der Waals surface area contributed by atoms with E-state index in [4.69, 9.17) is 9.40 Å². The van der Waals surface area contributed by atoms with Gasteiger partial charge in [0.1, 0.15) is 5.52 Å². The van der Waals surface area contributed by atoms with Crippen molar-refractivity contribution in [1.29, 1.82) is 0 Å². The molecule has 0 aliphatic carbocycles. The van der Waals surface area contributed by atoms with Crippen molar-refractivity contribution >= 4 is 49.7 Å². The molecule has 0 aliphatic rings. The molecule has 0 atom stereocenters. The first-order valence-electron chi connectivity index (χ1n) is 16.2. The summed E-state index contributed by atoms with van der Waals surface area (Å²) in [5, 5.41) is 4.71. The van der Waals surface area contributed by atoms with E-state index in [1.807, 2.05) is 30.3 Å². The summed E-state index contributed by atoms with van der Waals surface area (Å²) in [6.07, 6.45) is 0. The number of anilines is 3. The van der Waals surface area contributed by atoms with E-state index in [-0.39, 0.29) is 0 Å². The predicted octanol–water partition coefficient (Wildman–Crippen LogP) is 12.6. The van der Waals surface area contributed by atoms with Gasteiger partial charge in [-0.1, -0.05) is 121 Å². The van der Waals surface area contributed by atoms with Crippen LogP contribution in [0.4, 0.5) is 17.1 Å². The number of hydrogen-bond acceptors (Lipinski definition) is 3. The lowest BCUT2D eigenvalue weighted by atomic mass is 9.99. The maximum absolute atomic E-state index is 6.51. The van der Waals surface area contributed by atoms with Gasteiger partial charge in [0.25, 0.3) is 0 Å². The summed E-state index contributed by atoms with van der Waals surface area (Å²) in [7, 11) is 0. The number of benzene rings is 8. The van der Waals surface area contributed by atoms with Crippen LogP contribution in [0.15, 0.2) is 186 Å². The van der Waals surface area contributed by atoms with Gasteiger partial charge in [0.15, 0.2) is 5.58 Å². The lowest BCUT2D eigenvalue weighted by Gasteiger charge is -2.26. The van der Waals surface area contributed by atoms with Gasteiger partial charge < -0.3 is 9.32 Å². The molecule has 0 N–H and O–H groups in total. The van der Waals surface area contributed by atoms with Crippen LogP contribution in [-0.2, 0) is 0 Å². The minimum absolute atomic E-state index is 0.627. The molecular formula is C45H30N2O. The molecule has 0 bridgehead atoms. The molecule has 0 unspecified atom stereocenters. The summed E-state index contributed by atoms with van der Waals surface area (Å²) >= 11 is 0. The summed E-state index contributed by atoms with van der Waals surface area (Å²) in [5.74, 6) is 0.627. The fourth-order valence-electron chi connectivity index (χ4n) is 6.65. The van der Waals surface area contributed by atoms with E-state index in [9.17, 15) is 0 Å². The number of fused-ring (bicyclic) bond motifs is 4. The van der Waals surface area contributed by atoms with Crippen LogP contribution in [0.3, 0.4) is 0 Å². The predicted molar refractivity (Wildman–Crippen MR) is 200 cm³/mol. The second-order valence-electron chi connectivity index (χ2n) is 12.0. The van der Waals surface area contributed by atoms with Crippen molar-refractivity contribution in [3.8, 4) is 33.7 Å². The fourth-order valence-corrected chi connectivity index (χ4v) is 6.65. The van der Waals surface area contributed by atoms with Gasteiger partial charge >= 0.3 is 0 Å². The maximum Gasteiger partial charge on any atom is 0.227 e. The van der Waals surface area contributed by atoms with E-state index in [0.717, 1.165) is 55.6 Å². The number of nitrogens with zero attached hydrogens (tertiary/aromatic N) is 2. The second kappa shape index (κ2) is 11.7. The monoisotopic (exact) mass is 614 g/mol. The molecule has 0 radical (unpaired) electrons. The highest BCUT2D eigenvalue weighted by molar-refractivity contribution is 6.10. The van der Waals surface area contributed by atoms with Crippen LogP contribution in [0.2, 0.25) is 0 Å². The second-order valence-corrected chi connectivity index (χ2v) is 12.0. The Morgan fingerprint density at radius 1 is 0.396 bits per heavy atom. The largest absolute Gasteiger partial charge is 0.435 e. The normalized spacial score (nSPS) is 11.3. The summed E-state index contributed by atoms with van der Waals surface area (Å²) in [6, 6.07) is 64.0. The Balaban J connectivity index is 1.11. The van der Waals surface area contributed by atoms with Crippen LogP contribution in [0.25, 0.3) is 66.4 Å². The number of rotatable bonds is 6. The molecule has 0 saturated heterocycles. The molecule has 226 valence electrons. The van der Waals surface area contributed by atoms with Crippen molar-refractivity contribution < 1.29 is 4.42 Å². The van der Waals surface area contributed by atoms with Crippen molar-refractivity contribution in [3.05, 3.63) is 182 Å². The highest BCUT2D eigenvalue weighted by atomic mass is 16.3. The van der Waals surface area contributed by atoms with E-state index >= 15 is 0 Å². The molecule has 9 aromatic rings. The van der Waals surface area contributed by atoms with Gasteiger partial charge in [0.2, 0.25) is 5.89 Å². The van der Waals surface area contributed by atoms with Gasteiger partial charge in [0.05, 0.1) is 0 Å². The molecule has 0 saturated carbocycles. The average molecular weight is 615 g/mol. The van der Waals surface area contributed by atoms with Gasteiger partial charge in [0, 0.05) is 33.6 Å². The molecule has 48 heavy (non-hydrogen) atoms. The first kappa shape index (κ1) is 27.8. The van der Waals surface area contributed by atoms with Crippen LogP contribution in [0, 0.1) is 0 Å². The molecule has 3 nitrogen and oxygen atoms in total. The van der Waals surface area contributed by atoms with E-state index in [2.05, 4.69) is 157 Å². The quantitative estimate of drug-likeness (QED) is 0.187. The molecule has 1 aromatic heterocycles. The molecule has 0 fully saturated rings. The van der Waals surface area contributed by atoms with E-state index in [1.54, 1.807) is 0 Å². The Morgan fingerprint density at radius 3 is 1.69 bits per heavy atom. The zero-order chi connectivity index (χ0) is 31.9. The maximum atomic E-state index is 6.51. The lowest BCUT2D eigenvalue weighted by molar-refractivity contribution is 0.621. The number of aromatic nitrogens is 1. The third-order valence-corrected chi connectivity index (χ3v) is 9.07. The van der Waals surface area contributed by atoms with E-state index in [0.29, 0.717) is 5.89 Å². The van der Waals surface area contributed by atoms with Crippen molar-refractivity contribution in [2.75, 3.05) is 4.90 Å². The standard InChI is InChI=1S/C45H30N2O/c1-3-12-34(13-4-1)45-46-43-41-18-10-9-15-37(41)30-42(44(43)48-45)33-23-27-40(28-24-33)47(38-16-5-2-6-17-38)39-25-21-32(22-26-39)36-20-19-31-11-7-8-14-35(31)29-36/h1-30H. The minimum Gasteiger partial charge on any atom is -0.435 e. The molecule has 0 amide bonds. The van der Waals surface area contributed by atoms with Crippen LogP contribution in [0.5, 0.6) is 0 Å². The highest BCUT2D eigenvalue weighted by Crippen LogP contribution is 2.40. The Morgan fingerprint density at radius 2 is 0.958 bits per heavy atom. The molecule has 0 aliphatic heterocycles. The van der Waals surface area contributed by atoms with Crippen LogP contribution in [-0.4, -0.2) is 4.98 Å². The van der Waals surface area contributed by atoms with Gasteiger partial charge in [-0.15, -0.1) is 0 Å². The zero-order valence-corrected chi connectivity index (χ0v) is 26.1. The molecular weight excluding hydrogens is 585 g/mol. The van der Waals surface area contributed by atoms with Crippen molar-refractivity contribution in [3.63, 3.8) is 0 Å². The van der Waals surface area contributed by atoms with Gasteiger partial charge in [-0.25, -0.2) is 4.98 Å². The summed E-state index contributed by atoms with van der Waals surface area (Å²) in [4.78, 5) is 7.29. The summed E-state index contributed by atoms with van der Waals surface area (Å²) < 4.78 is 6.51. The van der Waals surface area contributed by atoms with Crippen molar-refractivity contribution in [2.24, 2.45) is 0 Å². The van der Waals surface area contributed by atoms with Gasteiger partial charge in [-0.3, -0.25) is 0 Å². The summed E-state index contributed by atoms with van der Waals surface area (Å²) in [6.45, 7) is 0. The van der Waals surface area contributed by atoms with Crippen molar-refractivity contribution in [2.45, 2.75) is 0 Å². The third-order valence-electron chi connectivity index (χ3n) is 9.07. The first-order valence-corrected chi connectivity index (χ1v) is 16.2. The molecule has 9 rings (SSSR count). The van der Waals surface area contributed by atoms with Crippen molar-refractivity contribution in [1.82, 2.24) is 4.98 Å². The Bertz CT molecular complexity index is 2540. The number of hydrogen-bond donors (Lipinski definition) is 0. The Hall–Kier alpha value is -6.45. The first-order chi connectivity index (χ1) is 23.8. The van der Waals surface area contributed by atoms with E-state index in [1.165, 1.54) is 21.9 Å². The highest BCUT2D eigenvalue weighted by Gasteiger charge is 2.18. The van der Waals surface area contributed by atoms with E-state index < -0.39 is 0 Å². The molecule has 0 spiro atoms. The molecule has 1 heterocycles. The van der Waals surface area contributed by atoms with Crippen LogP contribution < -0.4 is 4.90 Å². The fraction of sp³-hybridized carbons (Fsp3) is 0. The zero-order valence-electron chi connectivity index (χ0n) is 26.1.